The van der Waals surface area contributed by atoms with Gasteiger partial charge >= 0.3 is 0 Å². The molecule has 0 unspecified atom stereocenters. The van der Waals surface area contributed by atoms with Crippen LogP contribution in [0.5, 0.6) is 0 Å². The van der Waals surface area contributed by atoms with Crippen molar-refractivity contribution in [2.45, 2.75) is 24.9 Å². The second kappa shape index (κ2) is 5.52. The van der Waals surface area contributed by atoms with Gasteiger partial charge in [-0.1, -0.05) is 18.2 Å². The van der Waals surface area contributed by atoms with Crippen LogP contribution in [0.15, 0.2) is 35.4 Å². The van der Waals surface area contributed by atoms with Gasteiger partial charge in [0.2, 0.25) is 10.0 Å². The molecule has 102 valence electrons. The predicted octanol–water partition coefficient (Wildman–Crippen LogP) is 0.655. The second-order valence-electron chi connectivity index (χ2n) is 4.16. The number of nitrogens with zero attached hydrogens (tertiary/aromatic N) is 1. The standard InChI is InChI=1S/C12H16N4O2S/c1-9-11(7-14-16-9)8-15-19(17,18)12-5-3-2-4-10(12)6-13/h2-5,7,15H,6,8,13H2,1H3,(H,14,16). The van der Waals surface area contributed by atoms with Crippen LogP contribution in [0.3, 0.4) is 0 Å². The molecule has 4 N–H and O–H groups in total. The third kappa shape index (κ3) is 3.01. The highest BCUT2D eigenvalue weighted by molar-refractivity contribution is 7.89. The summed E-state index contributed by atoms with van der Waals surface area (Å²) in [6, 6.07) is 6.70. The Morgan fingerprint density at radius 1 is 1.32 bits per heavy atom. The average Bonchev–Trinajstić information content (AvgIpc) is 2.82. The fraction of sp³-hybridized carbons (Fsp3) is 0.250. The van der Waals surface area contributed by atoms with Gasteiger partial charge in [-0.05, 0) is 18.6 Å². The Morgan fingerprint density at radius 3 is 2.68 bits per heavy atom. The van der Waals surface area contributed by atoms with Crippen molar-refractivity contribution < 1.29 is 8.42 Å². The van der Waals surface area contributed by atoms with Crippen molar-refractivity contribution in [2.75, 3.05) is 0 Å². The number of rotatable bonds is 5. The van der Waals surface area contributed by atoms with E-state index >= 15 is 0 Å². The smallest absolute Gasteiger partial charge is 0.241 e. The van der Waals surface area contributed by atoms with Gasteiger partial charge in [0.25, 0.3) is 0 Å². The molecule has 1 heterocycles. The van der Waals surface area contributed by atoms with Gasteiger partial charge in [-0.2, -0.15) is 5.10 Å². The number of aromatic nitrogens is 2. The summed E-state index contributed by atoms with van der Waals surface area (Å²) in [4.78, 5) is 0.221. The largest absolute Gasteiger partial charge is 0.326 e. The zero-order valence-electron chi connectivity index (χ0n) is 10.6. The number of H-pyrrole nitrogens is 1. The minimum atomic E-state index is -3.57. The van der Waals surface area contributed by atoms with Crippen molar-refractivity contribution >= 4 is 10.0 Å². The third-order valence-corrected chi connectivity index (χ3v) is 4.37. The van der Waals surface area contributed by atoms with Crippen molar-refractivity contribution in [1.82, 2.24) is 14.9 Å². The fourth-order valence-corrected chi connectivity index (χ4v) is 2.99. The molecule has 1 aromatic heterocycles. The number of benzene rings is 1. The zero-order chi connectivity index (χ0) is 13.9. The monoisotopic (exact) mass is 280 g/mol. The first-order valence-corrected chi connectivity index (χ1v) is 7.29. The van der Waals surface area contributed by atoms with E-state index in [-0.39, 0.29) is 18.0 Å². The summed E-state index contributed by atoms with van der Waals surface area (Å²) in [7, 11) is -3.57. The maximum atomic E-state index is 12.2. The lowest BCUT2D eigenvalue weighted by Gasteiger charge is -2.09. The first-order chi connectivity index (χ1) is 9.04. The van der Waals surface area contributed by atoms with E-state index in [1.165, 1.54) is 0 Å². The van der Waals surface area contributed by atoms with E-state index in [4.69, 9.17) is 5.73 Å². The molecule has 0 radical (unpaired) electrons. The van der Waals surface area contributed by atoms with Gasteiger partial charge in [-0.15, -0.1) is 0 Å². The van der Waals surface area contributed by atoms with Gasteiger partial charge in [0, 0.05) is 24.3 Å². The molecular weight excluding hydrogens is 264 g/mol. The summed E-state index contributed by atoms with van der Waals surface area (Å²) in [5.41, 5.74) is 7.81. The van der Waals surface area contributed by atoms with Crippen molar-refractivity contribution in [2.24, 2.45) is 5.73 Å². The van der Waals surface area contributed by atoms with Crippen LogP contribution in [-0.4, -0.2) is 18.6 Å². The van der Waals surface area contributed by atoms with E-state index in [1.807, 2.05) is 6.92 Å². The molecule has 0 fully saturated rings. The van der Waals surface area contributed by atoms with Crippen LogP contribution in [0.1, 0.15) is 16.8 Å². The maximum absolute atomic E-state index is 12.2. The first-order valence-electron chi connectivity index (χ1n) is 5.81. The fourth-order valence-electron chi connectivity index (χ4n) is 1.74. The molecule has 0 atom stereocenters. The predicted molar refractivity (Wildman–Crippen MR) is 71.7 cm³/mol. The summed E-state index contributed by atoms with van der Waals surface area (Å²) in [6.07, 6.45) is 1.60. The molecule has 0 aliphatic rings. The molecule has 7 heteroatoms. The van der Waals surface area contributed by atoms with E-state index in [9.17, 15) is 8.42 Å². The summed E-state index contributed by atoms with van der Waals surface area (Å²) >= 11 is 0. The molecule has 2 aromatic rings. The highest BCUT2D eigenvalue weighted by Gasteiger charge is 2.17. The van der Waals surface area contributed by atoms with Gasteiger partial charge < -0.3 is 5.73 Å². The Morgan fingerprint density at radius 2 is 2.05 bits per heavy atom. The normalized spacial score (nSPS) is 11.7. The summed E-state index contributed by atoms with van der Waals surface area (Å²) in [5, 5.41) is 6.61. The van der Waals surface area contributed by atoms with Crippen LogP contribution in [0.2, 0.25) is 0 Å². The van der Waals surface area contributed by atoms with Gasteiger partial charge in [0.1, 0.15) is 0 Å². The maximum Gasteiger partial charge on any atom is 0.241 e. The number of sulfonamides is 1. The van der Waals surface area contributed by atoms with Crippen molar-refractivity contribution in [1.29, 1.82) is 0 Å². The Balaban J connectivity index is 2.21. The minimum absolute atomic E-state index is 0.182. The Bertz CT molecular complexity index is 664. The highest BCUT2D eigenvalue weighted by Crippen LogP contribution is 2.15. The second-order valence-corrected chi connectivity index (χ2v) is 5.89. The zero-order valence-corrected chi connectivity index (χ0v) is 11.4. The number of nitrogens with two attached hydrogens (primary N) is 1. The van der Waals surface area contributed by atoms with Crippen LogP contribution in [0.4, 0.5) is 0 Å². The Kier molecular flexibility index (Phi) is 3.98. The number of aromatic amines is 1. The number of hydrogen-bond acceptors (Lipinski definition) is 4. The molecular formula is C12H16N4O2S. The Hall–Kier alpha value is -1.70. The lowest BCUT2D eigenvalue weighted by Crippen LogP contribution is -2.25. The van der Waals surface area contributed by atoms with Crippen LogP contribution < -0.4 is 10.5 Å². The summed E-state index contributed by atoms with van der Waals surface area (Å²) in [6.45, 7) is 2.22. The van der Waals surface area contributed by atoms with Gasteiger partial charge in [0.15, 0.2) is 0 Å². The quantitative estimate of drug-likeness (QED) is 0.748. The van der Waals surface area contributed by atoms with Gasteiger partial charge in [-0.25, -0.2) is 13.1 Å². The van der Waals surface area contributed by atoms with Crippen molar-refractivity contribution in [3.8, 4) is 0 Å². The van der Waals surface area contributed by atoms with E-state index in [2.05, 4.69) is 14.9 Å². The third-order valence-electron chi connectivity index (χ3n) is 2.87. The summed E-state index contributed by atoms with van der Waals surface area (Å²) < 4.78 is 27.0. The SMILES string of the molecule is Cc1[nH]ncc1CNS(=O)(=O)c1ccccc1CN. The minimum Gasteiger partial charge on any atom is -0.326 e. The number of nitrogens with one attached hydrogen (secondary N) is 2. The van der Waals surface area contributed by atoms with E-state index < -0.39 is 10.0 Å². The van der Waals surface area contributed by atoms with E-state index in [0.29, 0.717) is 5.56 Å². The average molecular weight is 280 g/mol. The molecule has 0 aliphatic heterocycles. The van der Waals surface area contributed by atoms with Gasteiger partial charge in [-0.3, -0.25) is 5.10 Å². The molecule has 2 rings (SSSR count). The molecule has 0 bridgehead atoms. The molecule has 0 amide bonds. The summed E-state index contributed by atoms with van der Waals surface area (Å²) in [5.74, 6) is 0. The van der Waals surface area contributed by atoms with Crippen LogP contribution in [0.25, 0.3) is 0 Å². The molecule has 0 spiro atoms. The number of aryl methyl sites for hydroxylation is 1. The first kappa shape index (κ1) is 13.7. The molecule has 0 aliphatic carbocycles. The molecule has 19 heavy (non-hydrogen) atoms. The molecule has 6 nitrogen and oxygen atoms in total. The number of hydrogen-bond donors (Lipinski definition) is 3. The lowest BCUT2D eigenvalue weighted by atomic mass is 10.2. The van der Waals surface area contributed by atoms with Crippen LogP contribution in [-0.2, 0) is 23.1 Å². The van der Waals surface area contributed by atoms with Crippen LogP contribution >= 0.6 is 0 Å². The van der Waals surface area contributed by atoms with E-state index in [1.54, 1.807) is 30.5 Å². The molecule has 1 aromatic carbocycles. The highest BCUT2D eigenvalue weighted by atomic mass is 32.2. The van der Waals surface area contributed by atoms with Crippen molar-refractivity contribution in [3.05, 3.63) is 47.3 Å². The van der Waals surface area contributed by atoms with Crippen LogP contribution in [0, 0.1) is 6.92 Å². The Labute approximate surface area is 112 Å². The van der Waals surface area contributed by atoms with E-state index in [0.717, 1.165) is 11.3 Å². The van der Waals surface area contributed by atoms with Gasteiger partial charge in [0.05, 0.1) is 11.1 Å². The topological polar surface area (TPSA) is 101 Å². The van der Waals surface area contributed by atoms with Crippen molar-refractivity contribution in [3.63, 3.8) is 0 Å². The lowest BCUT2D eigenvalue weighted by molar-refractivity contribution is 0.580. The molecule has 0 saturated carbocycles. The molecule has 0 saturated heterocycles.